The lowest BCUT2D eigenvalue weighted by atomic mass is 10.1. The van der Waals surface area contributed by atoms with Gasteiger partial charge in [-0.05, 0) is 37.5 Å². The van der Waals surface area contributed by atoms with Gasteiger partial charge in [0.05, 0.1) is 12.2 Å². The lowest BCUT2D eigenvalue weighted by molar-refractivity contribution is -0.115. The number of hydrogen-bond donors (Lipinski definition) is 3. The number of carbonyl (C=O) groups excluding carboxylic acids is 2. The van der Waals surface area contributed by atoms with Gasteiger partial charge in [0.15, 0.2) is 17.5 Å². The van der Waals surface area contributed by atoms with Crippen LogP contribution in [0.4, 0.5) is 23.7 Å². The fraction of sp³-hybridized carbons (Fsp3) is 0.263. The SMILES string of the molecule is CC(CCc1ccccc1)NC(=O)NCC(=O)Nc1ccc(F)c(F)c1F. The molecule has 0 radical (unpaired) electrons. The van der Waals surface area contributed by atoms with Gasteiger partial charge in [0, 0.05) is 6.04 Å². The van der Waals surface area contributed by atoms with Crippen LogP contribution >= 0.6 is 0 Å². The predicted octanol–water partition coefficient (Wildman–Crippen LogP) is 3.36. The van der Waals surface area contributed by atoms with Crippen LogP contribution in [0.25, 0.3) is 0 Å². The highest BCUT2D eigenvalue weighted by Crippen LogP contribution is 2.19. The van der Waals surface area contributed by atoms with E-state index < -0.39 is 41.6 Å². The van der Waals surface area contributed by atoms with Gasteiger partial charge in [-0.3, -0.25) is 4.79 Å². The maximum atomic E-state index is 13.5. The Kier molecular flexibility index (Phi) is 7.22. The molecule has 0 bridgehead atoms. The first-order valence-corrected chi connectivity index (χ1v) is 8.38. The van der Waals surface area contributed by atoms with Gasteiger partial charge in [-0.25, -0.2) is 18.0 Å². The number of anilines is 1. The molecule has 5 nitrogen and oxygen atoms in total. The van der Waals surface area contributed by atoms with Gasteiger partial charge >= 0.3 is 6.03 Å². The van der Waals surface area contributed by atoms with Crippen molar-refractivity contribution in [2.24, 2.45) is 0 Å². The van der Waals surface area contributed by atoms with Crippen LogP contribution < -0.4 is 16.0 Å². The first kappa shape index (κ1) is 20.3. The Labute approximate surface area is 155 Å². The average molecular weight is 379 g/mol. The molecule has 0 aliphatic heterocycles. The van der Waals surface area contributed by atoms with Crippen LogP contribution in [-0.4, -0.2) is 24.5 Å². The van der Waals surface area contributed by atoms with E-state index in [1.165, 1.54) is 0 Å². The molecule has 0 aliphatic rings. The first-order valence-electron chi connectivity index (χ1n) is 8.38. The molecule has 1 unspecified atom stereocenters. The zero-order valence-corrected chi connectivity index (χ0v) is 14.7. The van der Waals surface area contributed by atoms with E-state index >= 15 is 0 Å². The van der Waals surface area contributed by atoms with E-state index in [1.807, 2.05) is 37.3 Å². The van der Waals surface area contributed by atoms with Crippen molar-refractivity contribution in [3.63, 3.8) is 0 Å². The monoisotopic (exact) mass is 379 g/mol. The minimum Gasteiger partial charge on any atom is -0.336 e. The smallest absolute Gasteiger partial charge is 0.315 e. The van der Waals surface area contributed by atoms with Crippen LogP contribution in [0.5, 0.6) is 0 Å². The molecule has 3 amide bonds. The number of halogens is 3. The lowest BCUT2D eigenvalue weighted by Crippen LogP contribution is -2.43. The largest absolute Gasteiger partial charge is 0.336 e. The summed E-state index contributed by atoms with van der Waals surface area (Å²) in [6, 6.07) is 10.7. The van der Waals surface area contributed by atoms with Gasteiger partial charge in [0.25, 0.3) is 0 Å². The molecule has 0 aliphatic carbocycles. The molecule has 0 spiro atoms. The molecule has 0 saturated heterocycles. The molecule has 3 N–H and O–H groups in total. The molecule has 0 fully saturated rings. The zero-order valence-electron chi connectivity index (χ0n) is 14.7. The van der Waals surface area contributed by atoms with Crippen LogP contribution in [0, 0.1) is 17.5 Å². The zero-order chi connectivity index (χ0) is 19.8. The number of aryl methyl sites for hydroxylation is 1. The summed E-state index contributed by atoms with van der Waals surface area (Å²) >= 11 is 0. The van der Waals surface area contributed by atoms with Crippen LogP contribution in [0.2, 0.25) is 0 Å². The number of amides is 3. The van der Waals surface area contributed by atoms with Crippen molar-refractivity contribution >= 4 is 17.6 Å². The van der Waals surface area contributed by atoms with Gasteiger partial charge in [0.1, 0.15) is 0 Å². The average Bonchev–Trinajstić information content (AvgIpc) is 2.66. The maximum Gasteiger partial charge on any atom is 0.315 e. The number of urea groups is 1. The predicted molar refractivity (Wildman–Crippen MR) is 95.7 cm³/mol. The summed E-state index contributed by atoms with van der Waals surface area (Å²) in [5.41, 5.74) is 0.650. The van der Waals surface area contributed by atoms with E-state index in [0.717, 1.165) is 18.1 Å². The minimum atomic E-state index is -1.68. The van der Waals surface area contributed by atoms with E-state index in [1.54, 1.807) is 0 Å². The molecule has 144 valence electrons. The fourth-order valence-corrected chi connectivity index (χ4v) is 2.35. The first-order chi connectivity index (χ1) is 12.9. The Morgan fingerprint density at radius 2 is 1.70 bits per heavy atom. The summed E-state index contributed by atoms with van der Waals surface area (Å²) in [6.07, 6.45) is 1.50. The number of hydrogen-bond acceptors (Lipinski definition) is 2. The van der Waals surface area contributed by atoms with E-state index in [-0.39, 0.29) is 6.04 Å². The van der Waals surface area contributed by atoms with Gasteiger partial charge < -0.3 is 16.0 Å². The second-order valence-corrected chi connectivity index (χ2v) is 6.02. The maximum absolute atomic E-state index is 13.5. The summed E-state index contributed by atoms with van der Waals surface area (Å²) in [4.78, 5) is 23.5. The second kappa shape index (κ2) is 9.61. The van der Waals surface area contributed by atoms with Crippen LogP contribution in [0.1, 0.15) is 18.9 Å². The summed E-state index contributed by atoms with van der Waals surface area (Å²) < 4.78 is 39.5. The Bertz CT molecular complexity index is 800. The minimum absolute atomic E-state index is 0.128. The quantitative estimate of drug-likeness (QED) is 0.646. The molecule has 27 heavy (non-hydrogen) atoms. The standard InChI is InChI=1S/C19H20F3N3O2/c1-12(7-8-13-5-3-2-4-6-13)24-19(27)23-11-16(26)25-15-10-9-14(20)17(21)18(15)22/h2-6,9-10,12H,7-8,11H2,1H3,(H,25,26)(H2,23,24,27). The van der Waals surface area contributed by atoms with Crippen molar-refractivity contribution in [3.05, 3.63) is 65.5 Å². The molecule has 0 aromatic heterocycles. The third-order valence-electron chi connectivity index (χ3n) is 3.81. The molecule has 0 saturated carbocycles. The number of carbonyl (C=O) groups is 2. The molecule has 0 heterocycles. The van der Waals surface area contributed by atoms with Gasteiger partial charge in [0.2, 0.25) is 5.91 Å². The van der Waals surface area contributed by atoms with Crippen molar-refractivity contribution in [3.8, 4) is 0 Å². The van der Waals surface area contributed by atoms with Crippen molar-refractivity contribution < 1.29 is 22.8 Å². The van der Waals surface area contributed by atoms with Crippen molar-refractivity contribution in [2.75, 3.05) is 11.9 Å². The highest BCUT2D eigenvalue weighted by Gasteiger charge is 2.15. The van der Waals surface area contributed by atoms with Crippen molar-refractivity contribution in [1.29, 1.82) is 0 Å². The molecule has 1 atom stereocenters. The number of rotatable bonds is 7. The molecular weight excluding hydrogens is 359 g/mol. The summed E-state index contributed by atoms with van der Waals surface area (Å²) in [6.45, 7) is 1.38. The summed E-state index contributed by atoms with van der Waals surface area (Å²) in [5.74, 6) is -5.30. The third-order valence-corrected chi connectivity index (χ3v) is 3.81. The van der Waals surface area contributed by atoms with Crippen molar-refractivity contribution in [1.82, 2.24) is 10.6 Å². The van der Waals surface area contributed by atoms with Gasteiger partial charge in [-0.15, -0.1) is 0 Å². The fourth-order valence-electron chi connectivity index (χ4n) is 2.35. The van der Waals surface area contributed by atoms with E-state index in [2.05, 4.69) is 16.0 Å². The van der Waals surface area contributed by atoms with E-state index in [9.17, 15) is 22.8 Å². The Hall–Kier alpha value is -3.03. The van der Waals surface area contributed by atoms with Gasteiger partial charge in [-0.1, -0.05) is 30.3 Å². The molecule has 8 heteroatoms. The Balaban J connectivity index is 1.73. The molecule has 2 aromatic carbocycles. The van der Waals surface area contributed by atoms with Crippen LogP contribution in [-0.2, 0) is 11.2 Å². The van der Waals surface area contributed by atoms with Crippen LogP contribution in [0.15, 0.2) is 42.5 Å². The molecular formula is C19H20F3N3O2. The lowest BCUT2D eigenvalue weighted by Gasteiger charge is -2.15. The number of nitrogens with one attached hydrogen (secondary N) is 3. The van der Waals surface area contributed by atoms with E-state index in [0.29, 0.717) is 12.5 Å². The Morgan fingerprint density at radius 3 is 2.41 bits per heavy atom. The van der Waals surface area contributed by atoms with Gasteiger partial charge in [-0.2, -0.15) is 0 Å². The number of benzene rings is 2. The van der Waals surface area contributed by atoms with Crippen molar-refractivity contribution in [2.45, 2.75) is 25.8 Å². The summed E-state index contributed by atoms with van der Waals surface area (Å²) in [7, 11) is 0. The Morgan fingerprint density at radius 1 is 1.00 bits per heavy atom. The second-order valence-electron chi connectivity index (χ2n) is 6.02. The summed E-state index contributed by atoms with van der Waals surface area (Å²) in [5, 5.41) is 7.08. The normalized spacial score (nSPS) is 11.6. The highest BCUT2D eigenvalue weighted by molar-refractivity contribution is 5.94. The molecule has 2 rings (SSSR count). The molecule has 2 aromatic rings. The van der Waals surface area contributed by atoms with Crippen LogP contribution in [0.3, 0.4) is 0 Å². The third kappa shape index (κ3) is 6.32. The van der Waals surface area contributed by atoms with E-state index in [4.69, 9.17) is 0 Å². The highest BCUT2D eigenvalue weighted by atomic mass is 19.2. The topological polar surface area (TPSA) is 70.2 Å².